The van der Waals surface area contributed by atoms with Gasteiger partial charge in [0.05, 0.1) is 18.0 Å². The van der Waals surface area contributed by atoms with E-state index >= 15 is 0 Å². The van der Waals surface area contributed by atoms with Crippen molar-refractivity contribution in [3.8, 4) is 0 Å². The van der Waals surface area contributed by atoms with Gasteiger partial charge in [0, 0.05) is 35.8 Å². The molecule has 1 amide bonds. The van der Waals surface area contributed by atoms with Crippen molar-refractivity contribution in [2.24, 2.45) is 5.92 Å². The summed E-state index contributed by atoms with van der Waals surface area (Å²) in [6.45, 7) is 3.38. The molecule has 3 rings (SSSR count). The molecular formula is C19H21ClN2O4. The van der Waals surface area contributed by atoms with Crippen molar-refractivity contribution >= 4 is 34.4 Å². The van der Waals surface area contributed by atoms with Crippen molar-refractivity contribution in [2.45, 2.75) is 26.3 Å². The lowest BCUT2D eigenvalue weighted by Crippen LogP contribution is -2.42. The second kappa shape index (κ2) is 7.91. The molecule has 2 aromatic rings. The molecular weight excluding hydrogens is 356 g/mol. The van der Waals surface area contributed by atoms with Crippen molar-refractivity contribution in [3.63, 3.8) is 0 Å². The van der Waals surface area contributed by atoms with Gasteiger partial charge >= 0.3 is 5.97 Å². The monoisotopic (exact) mass is 376 g/mol. The van der Waals surface area contributed by atoms with Crippen LogP contribution in [-0.2, 0) is 20.9 Å². The third-order valence-corrected chi connectivity index (χ3v) is 4.95. The van der Waals surface area contributed by atoms with Gasteiger partial charge in [-0.1, -0.05) is 11.6 Å². The minimum Gasteiger partial charge on any atom is -0.466 e. The Labute approximate surface area is 156 Å². The minimum absolute atomic E-state index is 0.0350. The predicted molar refractivity (Wildman–Crippen MR) is 99.2 cm³/mol. The first-order valence-corrected chi connectivity index (χ1v) is 9.10. The van der Waals surface area contributed by atoms with E-state index in [1.54, 1.807) is 40.8 Å². The molecule has 138 valence electrons. The summed E-state index contributed by atoms with van der Waals surface area (Å²) in [6, 6.07) is 6.51. The number of fused-ring (bicyclic) bond motifs is 1. The Morgan fingerprint density at radius 2 is 1.96 bits per heavy atom. The van der Waals surface area contributed by atoms with Crippen LogP contribution in [0.5, 0.6) is 0 Å². The van der Waals surface area contributed by atoms with E-state index < -0.39 is 0 Å². The number of aromatic nitrogens is 1. The van der Waals surface area contributed by atoms with Gasteiger partial charge in [0.2, 0.25) is 5.91 Å². The molecule has 26 heavy (non-hydrogen) atoms. The maximum absolute atomic E-state index is 12.7. The van der Waals surface area contributed by atoms with Gasteiger partial charge in [-0.3, -0.25) is 14.4 Å². The summed E-state index contributed by atoms with van der Waals surface area (Å²) in [6.07, 6.45) is 2.86. The van der Waals surface area contributed by atoms with Gasteiger partial charge in [-0.15, -0.1) is 0 Å². The number of esters is 1. The van der Waals surface area contributed by atoms with E-state index in [0.717, 1.165) is 0 Å². The highest BCUT2D eigenvalue weighted by Gasteiger charge is 2.28. The number of benzene rings is 1. The Morgan fingerprint density at radius 3 is 2.65 bits per heavy atom. The van der Waals surface area contributed by atoms with E-state index in [-0.39, 0.29) is 29.8 Å². The van der Waals surface area contributed by atoms with E-state index in [4.69, 9.17) is 16.3 Å². The number of hydrogen-bond donors (Lipinski definition) is 0. The van der Waals surface area contributed by atoms with Crippen molar-refractivity contribution in [1.82, 2.24) is 9.47 Å². The number of piperidine rings is 1. The van der Waals surface area contributed by atoms with Gasteiger partial charge in [-0.25, -0.2) is 0 Å². The molecule has 1 aliphatic rings. The summed E-state index contributed by atoms with van der Waals surface area (Å²) in [5.41, 5.74) is 0.554. The quantitative estimate of drug-likeness (QED) is 0.769. The molecule has 0 aliphatic carbocycles. The molecule has 1 saturated heterocycles. The van der Waals surface area contributed by atoms with Gasteiger partial charge < -0.3 is 14.2 Å². The fourth-order valence-electron chi connectivity index (χ4n) is 3.29. The van der Waals surface area contributed by atoms with E-state index in [2.05, 4.69) is 0 Å². The Morgan fingerprint density at radius 1 is 1.23 bits per heavy atom. The topological polar surface area (TPSA) is 68.6 Å². The first kappa shape index (κ1) is 18.5. The second-order valence-corrected chi connectivity index (χ2v) is 6.81. The zero-order valence-electron chi connectivity index (χ0n) is 14.6. The second-order valence-electron chi connectivity index (χ2n) is 6.38. The number of pyridine rings is 1. The lowest BCUT2D eigenvalue weighted by atomic mass is 9.97. The minimum atomic E-state index is -0.178. The summed E-state index contributed by atoms with van der Waals surface area (Å²) >= 11 is 5.97. The molecule has 0 spiro atoms. The first-order chi connectivity index (χ1) is 12.5. The highest BCUT2D eigenvalue weighted by molar-refractivity contribution is 6.31. The average molecular weight is 377 g/mol. The Kier molecular flexibility index (Phi) is 5.61. The first-order valence-electron chi connectivity index (χ1n) is 8.72. The summed E-state index contributed by atoms with van der Waals surface area (Å²) in [5.74, 6) is -0.343. The number of hydrogen-bond acceptors (Lipinski definition) is 4. The molecule has 0 N–H and O–H groups in total. The summed E-state index contributed by atoms with van der Waals surface area (Å²) in [7, 11) is 0. The lowest BCUT2D eigenvalue weighted by molar-refractivity contribution is -0.151. The predicted octanol–water partition coefficient (Wildman–Crippen LogP) is 2.46. The number of rotatable bonds is 4. The van der Waals surface area contributed by atoms with Gasteiger partial charge in [-0.2, -0.15) is 0 Å². The third-order valence-electron chi connectivity index (χ3n) is 4.71. The van der Waals surface area contributed by atoms with Crippen LogP contribution < -0.4 is 5.43 Å². The molecule has 0 unspecified atom stereocenters. The van der Waals surface area contributed by atoms with Crippen LogP contribution in [0.25, 0.3) is 10.9 Å². The van der Waals surface area contributed by atoms with Crippen LogP contribution in [0, 0.1) is 5.92 Å². The molecule has 1 aromatic heterocycles. The fourth-order valence-corrected chi connectivity index (χ4v) is 3.46. The van der Waals surface area contributed by atoms with Crippen LogP contribution in [0.1, 0.15) is 19.8 Å². The number of carbonyl (C=O) groups excluding carboxylic acids is 2. The number of likely N-dealkylation sites (tertiary alicyclic amines) is 1. The highest BCUT2D eigenvalue weighted by Crippen LogP contribution is 2.20. The molecule has 0 bridgehead atoms. The van der Waals surface area contributed by atoms with Crippen LogP contribution in [-0.4, -0.2) is 41.0 Å². The highest BCUT2D eigenvalue weighted by atomic mass is 35.5. The van der Waals surface area contributed by atoms with Gasteiger partial charge in [0.1, 0.15) is 6.54 Å². The van der Waals surface area contributed by atoms with Crippen LogP contribution in [0.2, 0.25) is 5.02 Å². The standard InChI is InChI=1S/C19H21ClN2O4/c1-2-26-19(25)13-5-8-21(9-6-13)18(24)12-22-10-7-17(23)15-11-14(20)3-4-16(15)22/h3-4,7,10-11,13H,2,5-6,8-9,12H2,1H3. The number of nitrogens with zero attached hydrogens (tertiary/aromatic N) is 2. The smallest absolute Gasteiger partial charge is 0.309 e. The molecule has 0 atom stereocenters. The number of ether oxygens (including phenoxy) is 1. The van der Waals surface area contributed by atoms with Crippen molar-refractivity contribution in [1.29, 1.82) is 0 Å². The largest absolute Gasteiger partial charge is 0.466 e. The van der Waals surface area contributed by atoms with Crippen molar-refractivity contribution in [2.75, 3.05) is 19.7 Å². The normalized spacial score (nSPS) is 15.2. The van der Waals surface area contributed by atoms with Crippen LogP contribution >= 0.6 is 11.6 Å². The molecule has 1 aliphatic heterocycles. The van der Waals surface area contributed by atoms with Gasteiger partial charge in [-0.05, 0) is 38.0 Å². The average Bonchev–Trinajstić information content (AvgIpc) is 2.64. The molecule has 1 fully saturated rings. The fraction of sp³-hybridized carbons (Fsp3) is 0.421. The summed E-state index contributed by atoms with van der Waals surface area (Å²) in [5, 5.41) is 0.980. The molecule has 2 heterocycles. The van der Waals surface area contributed by atoms with Crippen LogP contribution in [0.15, 0.2) is 35.3 Å². The van der Waals surface area contributed by atoms with E-state index in [9.17, 15) is 14.4 Å². The van der Waals surface area contributed by atoms with Crippen LogP contribution in [0.4, 0.5) is 0 Å². The summed E-state index contributed by atoms with van der Waals surface area (Å²) in [4.78, 5) is 38.2. The van der Waals surface area contributed by atoms with Crippen molar-refractivity contribution in [3.05, 3.63) is 45.7 Å². The van der Waals surface area contributed by atoms with E-state index in [1.165, 1.54) is 6.07 Å². The molecule has 7 heteroatoms. The van der Waals surface area contributed by atoms with Gasteiger partial charge in [0.15, 0.2) is 5.43 Å². The lowest BCUT2D eigenvalue weighted by Gasteiger charge is -2.31. The zero-order chi connectivity index (χ0) is 18.7. The van der Waals surface area contributed by atoms with Crippen molar-refractivity contribution < 1.29 is 14.3 Å². The third kappa shape index (κ3) is 3.90. The maximum atomic E-state index is 12.7. The molecule has 0 saturated carbocycles. The number of amides is 1. The van der Waals surface area contributed by atoms with E-state index in [1.807, 2.05) is 0 Å². The maximum Gasteiger partial charge on any atom is 0.309 e. The molecule has 1 aromatic carbocycles. The SMILES string of the molecule is CCOC(=O)C1CCN(C(=O)Cn2ccc(=O)c3cc(Cl)ccc32)CC1. The number of halogens is 1. The van der Waals surface area contributed by atoms with Gasteiger partial charge in [0.25, 0.3) is 0 Å². The molecule has 0 radical (unpaired) electrons. The Balaban J connectivity index is 1.70. The molecule has 6 nitrogen and oxygen atoms in total. The van der Waals surface area contributed by atoms with Crippen LogP contribution in [0.3, 0.4) is 0 Å². The zero-order valence-corrected chi connectivity index (χ0v) is 15.4. The Bertz CT molecular complexity index is 885. The summed E-state index contributed by atoms with van der Waals surface area (Å²) < 4.78 is 6.81. The Hall–Kier alpha value is -2.34. The van der Waals surface area contributed by atoms with E-state index in [0.29, 0.717) is 48.5 Å². The number of carbonyl (C=O) groups is 2.